The second kappa shape index (κ2) is 7.16. The Morgan fingerprint density at radius 1 is 0.960 bits per heavy atom. The van der Waals surface area contributed by atoms with Crippen LogP contribution in [0.1, 0.15) is 24.4 Å². The molecule has 0 spiro atoms. The lowest BCUT2D eigenvalue weighted by atomic mass is 10.0. The van der Waals surface area contributed by atoms with Gasteiger partial charge in [0.2, 0.25) is 0 Å². The van der Waals surface area contributed by atoms with Crippen LogP contribution in [0.5, 0.6) is 0 Å². The van der Waals surface area contributed by atoms with E-state index in [-0.39, 0.29) is 6.04 Å². The van der Waals surface area contributed by atoms with E-state index in [0.717, 1.165) is 36.8 Å². The second-order valence-electron chi connectivity index (χ2n) is 6.51. The van der Waals surface area contributed by atoms with Gasteiger partial charge in [0.15, 0.2) is 0 Å². The fourth-order valence-electron chi connectivity index (χ4n) is 3.30. The van der Waals surface area contributed by atoms with E-state index in [0.29, 0.717) is 10.0 Å². The maximum atomic E-state index is 6.45. The van der Waals surface area contributed by atoms with Crippen LogP contribution in [-0.4, -0.2) is 30.2 Å². The van der Waals surface area contributed by atoms with Gasteiger partial charge in [-0.15, -0.1) is 0 Å². The lowest BCUT2D eigenvalue weighted by Gasteiger charge is -2.30. The van der Waals surface area contributed by atoms with Crippen molar-refractivity contribution in [3.8, 4) is 0 Å². The van der Waals surface area contributed by atoms with Gasteiger partial charge in [0, 0.05) is 23.0 Å². The van der Waals surface area contributed by atoms with Gasteiger partial charge in [-0.3, -0.25) is 9.91 Å². The van der Waals surface area contributed by atoms with Gasteiger partial charge in [-0.05, 0) is 55.4 Å². The molecule has 1 fully saturated rings. The van der Waals surface area contributed by atoms with E-state index >= 15 is 0 Å². The predicted molar refractivity (Wildman–Crippen MR) is 106 cm³/mol. The molecule has 2 aliphatic rings. The molecule has 2 heterocycles. The van der Waals surface area contributed by atoms with Crippen LogP contribution < -0.4 is 5.01 Å². The molecule has 1 unspecified atom stereocenters. The standard InChI is InChI=1S/C19H18Cl3N3/c20-14-4-2-13(3-5-14)19-11-16(12-24-8-1-9-24)23-25(19)18-7-6-15(21)10-17(18)22/h2-7,10,19H,1,8-9,11-12H2. The zero-order valence-corrected chi connectivity index (χ0v) is 15.9. The third-order valence-corrected chi connectivity index (χ3v) is 5.53. The molecule has 6 heteroatoms. The van der Waals surface area contributed by atoms with Crippen molar-refractivity contribution in [2.75, 3.05) is 24.6 Å². The van der Waals surface area contributed by atoms with Crippen molar-refractivity contribution in [2.45, 2.75) is 18.9 Å². The van der Waals surface area contributed by atoms with Crippen LogP contribution in [-0.2, 0) is 0 Å². The Balaban J connectivity index is 1.67. The summed E-state index contributed by atoms with van der Waals surface area (Å²) >= 11 is 18.6. The normalized spacial score (nSPS) is 20.5. The molecule has 2 aromatic carbocycles. The highest BCUT2D eigenvalue weighted by atomic mass is 35.5. The number of hydrogen-bond donors (Lipinski definition) is 0. The summed E-state index contributed by atoms with van der Waals surface area (Å²) in [7, 11) is 0. The Labute approximate surface area is 162 Å². The van der Waals surface area contributed by atoms with E-state index in [9.17, 15) is 0 Å². The van der Waals surface area contributed by atoms with Gasteiger partial charge in [0.1, 0.15) is 0 Å². The Bertz CT molecular complexity index is 800. The van der Waals surface area contributed by atoms with Crippen molar-refractivity contribution in [2.24, 2.45) is 5.10 Å². The van der Waals surface area contributed by atoms with Crippen molar-refractivity contribution in [1.29, 1.82) is 0 Å². The van der Waals surface area contributed by atoms with E-state index in [4.69, 9.17) is 39.9 Å². The number of likely N-dealkylation sites (tertiary alicyclic amines) is 1. The van der Waals surface area contributed by atoms with Crippen LogP contribution in [0.4, 0.5) is 5.69 Å². The molecular weight excluding hydrogens is 377 g/mol. The molecule has 0 aromatic heterocycles. The summed E-state index contributed by atoms with van der Waals surface area (Å²) in [4.78, 5) is 2.42. The molecule has 0 aliphatic carbocycles. The summed E-state index contributed by atoms with van der Waals surface area (Å²) in [6.07, 6.45) is 2.16. The SMILES string of the molecule is Clc1ccc(C2CC(CN3CCC3)=NN2c2ccc(Cl)cc2Cl)cc1. The molecule has 3 nitrogen and oxygen atoms in total. The molecule has 1 atom stereocenters. The van der Waals surface area contributed by atoms with E-state index in [1.54, 1.807) is 6.07 Å². The zero-order chi connectivity index (χ0) is 17.4. The van der Waals surface area contributed by atoms with Crippen LogP contribution in [0.3, 0.4) is 0 Å². The molecule has 0 bridgehead atoms. The fourth-order valence-corrected chi connectivity index (χ4v) is 3.92. The first-order chi connectivity index (χ1) is 12.1. The molecule has 0 radical (unpaired) electrons. The molecule has 4 rings (SSSR count). The number of benzene rings is 2. The number of hydrogen-bond acceptors (Lipinski definition) is 3. The van der Waals surface area contributed by atoms with Crippen molar-refractivity contribution in [3.05, 3.63) is 63.1 Å². The van der Waals surface area contributed by atoms with Crippen molar-refractivity contribution in [3.63, 3.8) is 0 Å². The minimum atomic E-state index is 0.118. The van der Waals surface area contributed by atoms with Gasteiger partial charge in [0.25, 0.3) is 0 Å². The van der Waals surface area contributed by atoms with E-state index in [1.165, 1.54) is 17.7 Å². The van der Waals surface area contributed by atoms with Gasteiger partial charge >= 0.3 is 0 Å². The maximum Gasteiger partial charge on any atom is 0.0829 e. The molecule has 0 N–H and O–H groups in total. The van der Waals surface area contributed by atoms with Gasteiger partial charge < -0.3 is 0 Å². The number of rotatable bonds is 4. The van der Waals surface area contributed by atoms with E-state index in [2.05, 4.69) is 17.0 Å². The Kier molecular flexibility index (Phi) is 4.92. The largest absolute Gasteiger partial charge is 0.298 e. The van der Waals surface area contributed by atoms with Gasteiger partial charge in [-0.25, -0.2) is 0 Å². The van der Waals surface area contributed by atoms with Gasteiger partial charge in [-0.1, -0.05) is 46.9 Å². The highest BCUT2D eigenvalue weighted by Gasteiger charge is 2.31. The van der Waals surface area contributed by atoms with Crippen LogP contribution in [0.2, 0.25) is 15.1 Å². The Morgan fingerprint density at radius 3 is 2.32 bits per heavy atom. The monoisotopic (exact) mass is 393 g/mol. The minimum Gasteiger partial charge on any atom is -0.298 e. The van der Waals surface area contributed by atoms with E-state index < -0.39 is 0 Å². The van der Waals surface area contributed by atoms with Crippen molar-refractivity contribution >= 4 is 46.2 Å². The summed E-state index contributed by atoms with van der Waals surface area (Å²) in [6.45, 7) is 3.24. The Hall–Kier alpha value is -1.26. The maximum absolute atomic E-state index is 6.45. The first-order valence-electron chi connectivity index (χ1n) is 8.38. The molecule has 25 heavy (non-hydrogen) atoms. The summed E-state index contributed by atoms with van der Waals surface area (Å²) in [6, 6.07) is 13.6. The highest BCUT2D eigenvalue weighted by Crippen LogP contribution is 2.40. The first-order valence-corrected chi connectivity index (χ1v) is 9.52. The average Bonchev–Trinajstić information content (AvgIpc) is 2.95. The molecule has 130 valence electrons. The lowest BCUT2D eigenvalue weighted by molar-refractivity contribution is 0.209. The lowest BCUT2D eigenvalue weighted by Crippen LogP contribution is -2.40. The fraction of sp³-hybridized carbons (Fsp3) is 0.316. The molecular formula is C19H18Cl3N3. The smallest absolute Gasteiger partial charge is 0.0829 e. The summed E-state index contributed by atoms with van der Waals surface area (Å²) in [5, 5.41) is 8.90. The summed E-state index contributed by atoms with van der Waals surface area (Å²) in [5.41, 5.74) is 3.24. The molecule has 2 aliphatic heterocycles. The topological polar surface area (TPSA) is 18.8 Å². The number of hydrazone groups is 1. The molecule has 1 saturated heterocycles. The predicted octanol–water partition coefficient (Wildman–Crippen LogP) is 5.66. The van der Waals surface area contributed by atoms with Crippen LogP contribution in [0.25, 0.3) is 0 Å². The molecule has 2 aromatic rings. The minimum absolute atomic E-state index is 0.118. The van der Waals surface area contributed by atoms with Gasteiger partial charge in [0.05, 0.1) is 22.5 Å². The number of nitrogens with zero attached hydrogens (tertiary/aromatic N) is 3. The summed E-state index contributed by atoms with van der Waals surface area (Å²) < 4.78 is 0. The highest BCUT2D eigenvalue weighted by molar-refractivity contribution is 6.36. The first kappa shape index (κ1) is 17.2. The number of anilines is 1. The van der Waals surface area contributed by atoms with Crippen LogP contribution in [0.15, 0.2) is 47.6 Å². The second-order valence-corrected chi connectivity index (χ2v) is 7.79. The third-order valence-electron chi connectivity index (χ3n) is 4.74. The summed E-state index contributed by atoms with van der Waals surface area (Å²) in [5.74, 6) is 0. The quantitative estimate of drug-likeness (QED) is 0.666. The number of halogens is 3. The third kappa shape index (κ3) is 3.65. The zero-order valence-electron chi connectivity index (χ0n) is 13.6. The Morgan fingerprint density at radius 2 is 1.68 bits per heavy atom. The van der Waals surface area contributed by atoms with E-state index in [1.807, 2.05) is 29.3 Å². The molecule has 0 amide bonds. The van der Waals surface area contributed by atoms with Crippen LogP contribution >= 0.6 is 34.8 Å². The molecule has 0 saturated carbocycles. The van der Waals surface area contributed by atoms with Crippen LogP contribution in [0, 0.1) is 0 Å². The van der Waals surface area contributed by atoms with Crippen molar-refractivity contribution < 1.29 is 0 Å². The van der Waals surface area contributed by atoms with Crippen molar-refractivity contribution in [1.82, 2.24) is 4.90 Å². The van der Waals surface area contributed by atoms with Gasteiger partial charge in [-0.2, -0.15) is 5.10 Å². The average molecular weight is 395 g/mol.